The van der Waals surface area contributed by atoms with Gasteiger partial charge >= 0.3 is 0 Å². The smallest absolute Gasteiger partial charge is 0.251 e. The summed E-state index contributed by atoms with van der Waals surface area (Å²) in [6.45, 7) is -0.518. The first-order chi connectivity index (χ1) is 11.6. The molecule has 0 spiro atoms. The van der Waals surface area contributed by atoms with Crippen molar-refractivity contribution in [3.63, 3.8) is 0 Å². The van der Waals surface area contributed by atoms with Gasteiger partial charge in [-0.3, -0.25) is 14.4 Å². The summed E-state index contributed by atoms with van der Waals surface area (Å²) in [6.07, 6.45) is 0.0411. The van der Waals surface area contributed by atoms with Crippen LogP contribution in [0, 0.1) is 0 Å². The van der Waals surface area contributed by atoms with Gasteiger partial charge in [0.1, 0.15) is 6.61 Å². The monoisotopic (exact) mass is 328 g/mol. The van der Waals surface area contributed by atoms with Gasteiger partial charge in [-0.2, -0.15) is 0 Å². The van der Waals surface area contributed by atoms with Crippen LogP contribution in [0.25, 0.3) is 0 Å². The van der Waals surface area contributed by atoms with E-state index in [1.165, 1.54) is 0 Å². The topological polar surface area (TPSA) is 92.9 Å². The van der Waals surface area contributed by atoms with Gasteiger partial charge in [-0.25, -0.2) is 5.06 Å². The Kier molecular flexibility index (Phi) is 6.48. The van der Waals surface area contributed by atoms with E-state index in [0.29, 0.717) is 0 Å². The average molecular weight is 328 g/mol. The number of rotatable bonds is 8. The number of benzene rings is 2. The minimum atomic E-state index is -1.23. The van der Waals surface area contributed by atoms with Crippen molar-refractivity contribution in [3.05, 3.63) is 71.8 Å². The van der Waals surface area contributed by atoms with E-state index >= 15 is 0 Å². The lowest BCUT2D eigenvalue weighted by Crippen LogP contribution is -2.50. The molecule has 0 aliphatic heterocycles. The fourth-order valence-electron chi connectivity index (χ4n) is 2.18. The molecule has 24 heavy (non-hydrogen) atoms. The van der Waals surface area contributed by atoms with Gasteiger partial charge in [-0.1, -0.05) is 60.7 Å². The lowest BCUT2D eigenvalue weighted by molar-refractivity contribution is -0.209. The number of amides is 2. The molecule has 2 aromatic carbocycles. The fraction of sp³-hybridized carbons (Fsp3) is 0.222. The van der Waals surface area contributed by atoms with E-state index in [4.69, 9.17) is 10.6 Å². The molecule has 0 heterocycles. The lowest BCUT2D eigenvalue weighted by atomic mass is 10.1. The molecule has 6 nitrogen and oxygen atoms in total. The van der Waals surface area contributed by atoms with Crippen LogP contribution < -0.4 is 5.73 Å². The van der Waals surface area contributed by atoms with Crippen molar-refractivity contribution in [1.82, 2.24) is 5.06 Å². The zero-order valence-electron chi connectivity index (χ0n) is 13.2. The molecule has 0 bridgehead atoms. The van der Waals surface area contributed by atoms with E-state index in [9.17, 15) is 14.7 Å². The second-order valence-corrected chi connectivity index (χ2v) is 5.24. The molecule has 2 aromatic rings. The van der Waals surface area contributed by atoms with E-state index in [0.717, 1.165) is 16.2 Å². The maximum absolute atomic E-state index is 12.5. The Balaban J connectivity index is 2.12. The molecule has 126 valence electrons. The largest absolute Gasteiger partial charge is 0.394 e. The van der Waals surface area contributed by atoms with Crippen molar-refractivity contribution < 1.29 is 19.5 Å². The molecule has 0 radical (unpaired) electrons. The standard InChI is InChI=1S/C18H20N2O4/c19-18(23)16(12-21)20(24-13-15-9-5-2-6-10-15)17(22)11-14-7-3-1-4-8-14/h1-10,16,21H,11-13H2,(H2,19,23)/t16-/m0/s1. The molecular formula is C18H20N2O4. The first kappa shape index (κ1) is 17.7. The Morgan fingerprint density at radius 1 is 1.00 bits per heavy atom. The molecular weight excluding hydrogens is 308 g/mol. The number of nitrogens with two attached hydrogens (primary N) is 1. The van der Waals surface area contributed by atoms with E-state index in [1.807, 2.05) is 48.5 Å². The van der Waals surface area contributed by atoms with E-state index < -0.39 is 24.5 Å². The van der Waals surface area contributed by atoms with Crippen molar-refractivity contribution in [3.8, 4) is 0 Å². The second kappa shape index (κ2) is 8.81. The summed E-state index contributed by atoms with van der Waals surface area (Å²) in [5, 5.41) is 10.3. The Hall–Kier alpha value is -2.70. The SMILES string of the molecule is NC(=O)[C@H](CO)N(OCc1ccccc1)C(=O)Cc1ccccc1. The van der Waals surface area contributed by atoms with Crippen molar-refractivity contribution in [1.29, 1.82) is 0 Å². The molecule has 6 heteroatoms. The third-order valence-electron chi connectivity index (χ3n) is 3.44. The van der Waals surface area contributed by atoms with Gasteiger partial charge in [0.15, 0.2) is 6.04 Å². The molecule has 3 N–H and O–H groups in total. The van der Waals surface area contributed by atoms with Crippen LogP contribution >= 0.6 is 0 Å². The first-order valence-corrected chi connectivity index (χ1v) is 7.55. The summed E-state index contributed by atoms with van der Waals surface area (Å²) in [6, 6.07) is 17.0. The second-order valence-electron chi connectivity index (χ2n) is 5.24. The summed E-state index contributed by atoms with van der Waals surface area (Å²) in [5.41, 5.74) is 6.88. The zero-order chi connectivity index (χ0) is 17.4. The zero-order valence-corrected chi connectivity index (χ0v) is 13.2. The molecule has 0 unspecified atom stereocenters. The van der Waals surface area contributed by atoms with Gasteiger partial charge in [0.05, 0.1) is 13.0 Å². The van der Waals surface area contributed by atoms with Crippen LogP contribution in [0.1, 0.15) is 11.1 Å². The van der Waals surface area contributed by atoms with Gasteiger partial charge in [0.2, 0.25) is 5.91 Å². The number of primary amides is 1. The van der Waals surface area contributed by atoms with Gasteiger partial charge in [0, 0.05) is 0 Å². The van der Waals surface area contributed by atoms with E-state index in [1.54, 1.807) is 12.1 Å². The van der Waals surface area contributed by atoms with Gasteiger partial charge in [-0.05, 0) is 11.1 Å². The van der Waals surface area contributed by atoms with Crippen LogP contribution in [0.5, 0.6) is 0 Å². The van der Waals surface area contributed by atoms with Crippen molar-refractivity contribution in [2.75, 3.05) is 6.61 Å². The minimum absolute atomic E-state index is 0.0411. The van der Waals surface area contributed by atoms with Crippen molar-refractivity contribution in [2.24, 2.45) is 5.73 Å². The van der Waals surface area contributed by atoms with Gasteiger partial charge in [-0.15, -0.1) is 0 Å². The number of aliphatic hydroxyl groups is 1. The number of carbonyl (C=O) groups excluding carboxylic acids is 2. The van der Waals surface area contributed by atoms with Gasteiger partial charge in [0.25, 0.3) is 5.91 Å². The van der Waals surface area contributed by atoms with Gasteiger partial charge < -0.3 is 10.8 Å². The molecule has 2 rings (SSSR count). The van der Waals surface area contributed by atoms with Crippen molar-refractivity contribution >= 4 is 11.8 Å². The Morgan fingerprint density at radius 2 is 1.54 bits per heavy atom. The maximum atomic E-state index is 12.5. The molecule has 0 saturated carbocycles. The maximum Gasteiger partial charge on any atom is 0.251 e. The predicted octanol–water partition coefficient (Wildman–Crippen LogP) is 1.04. The summed E-state index contributed by atoms with van der Waals surface area (Å²) in [4.78, 5) is 29.5. The summed E-state index contributed by atoms with van der Waals surface area (Å²) in [5.74, 6) is -1.28. The number of hydrogen-bond acceptors (Lipinski definition) is 4. The highest BCUT2D eigenvalue weighted by molar-refractivity contribution is 5.86. The third-order valence-corrected chi connectivity index (χ3v) is 3.44. The fourth-order valence-corrected chi connectivity index (χ4v) is 2.18. The molecule has 0 fully saturated rings. The quantitative estimate of drug-likeness (QED) is 0.708. The summed E-state index contributed by atoms with van der Waals surface area (Å²) in [7, 11) is 0. The molecule has 2 amide bonds. The summed E-state index contributed by atoms with van der Waals surface area (Å²) >= 11 is 0. The normalized spacial score (nSPS) is 11.7. The highest BCUT2D eigenvalue weighted by Gasteiger charge is 2.29. The van der Waals surface area contributed by atoms with Crippen LogP contribution in [0.4, 0.5) is 0 Å². The number of carbonyl (C=O) groups is 2. The number of hydrogen-bond donors (Lipinski definition) is 2. The predicted molar refractivity (Wildman–Crippen MR) is 88.3 cm³/mol. The van der Waals surface area contributed by atoms with Crippen LogP contribution in [0.15, 0.2) is 60.7 Å². The number of hydroxylamine groups is 2. The molecule has 0 saturated heterocycles. The Morgan fingerprint density at radius 3 is 2.04 bits per heavy atom. The third kappa shape index (κ3) is 4.91. The van der Waals surface area contributed by atoms with E-state index in [-0.39, 0.29) is 13.0 Å². The Bertz CT molecular complexity index is 661. The number of nitrogens with zero attached hydrogens (tertiary/aromatic N) is 1. The highest BCUT2D eigenvalue weighted by atomic mass is 16.7. The van der Waals surface area contributed by atoms with Crippen LogP contribution in [0.2, 0.25) is 0 Å². The Labute approximate surface area is 140 Å². The van der Waals surface area contributed by atoms with Crippen LogP contribution in [-0.2, 0) is 27.5 Å². The molecule has 0 aliphatic carbocycles. The van der Waals surface area contributed by atoms with Crippen molar-refractivity contribution in [2.45, 2.75) is 19.1 Å². The average Bonchev–Trinajstić information content (AvgIpc) is 2.60. The van der Waals surface area contributed by atoms with Crippen LogP contribution in [0.3, 0.4) is 0 Å². The highest BCUT2D eigenvalue weighted by Crippen LogP contribution is 2.10. The molecule has 0 aromatic heterocycles. The first-order valence-electron chi connectivity index (χ1n) is 7.55. The van der Waals surface area contributed by atoms with E-state index in [2.05, 4.69) is 0 Å². The lowest BCUT2D eigenvalue weighted by Gasteiger charge is -2.27. The molecule has 0 aliphatic rings. The summed E-state index contributed by atoms with van der Waals surface area (Å²) < 4.78 is 0. The molecule has 1 atom stereocenters. The number of aliphatic hydroxyl groups excluding tert-OH is 1. The minimum Gasteiger partial charge on any atom is -0.394 e. The van der Waals surface area contributed by atoms with Crippen LogP contribution in [-0.4, -0.2) is 34.6 Å².